The molecule has 5 rings (SSSR count). The van der Waals surface area contributed by atoms with Crippen LogP contribution < -0.4 is 20.2 Å². The van der Waals surface area contributed by atoms with Gasteiger partial charge in [0, 0.05) is 22.9 Å². The molecule has 166 valence electrons. The lowest BCUT2D eigenvalue weighted by Crippen LogP contribution is -2.52. The standard InChI is InChI=1S/C22H15ClN4O6/c23-15-7-5-12(9-17(15)27(30)31)20-24-16-4-2-1-3-14(16)22(29)26(20)25-21(28)13-6-8-18-19(10-13)33-11-32-18/h1-10,20,24H,11H2,(H,25,28)/t20-/m1/s1. The molecule has 2 N–H and O–H groups in total. The predicted molar refractivity (Wildman–Crippen MR) is 117 cm³/mol. The molecule has 0 saturated carbocycles. The molecule has 0 bridgehead atoms. The molecule has 0 aliphatic carbocycles. The van der Waals surface area contributed by atoms with Gasteiger partial charge in [-0.05, 0) is 36.4 Å². The van der Waals surface area contributed by atoms with Crippen molar-refractivity contribution in [3.8, 4) is 11.5 Å². The summed E-state index contributed by atoms with van der Waals surface area (Å²) in [5, 5.41) is 15.6. The number of rotatable bonds is 4. The van der Waals surface area contributed by atoms with Crippen molar-refractivity contribution in [3.05, 3.63) is 92.5 Å². The lowest BCUT2D eigenvalue weighted by atomic mass is 10.0. The van der Waals surface area contributed by atoms with E-state index in [1.54, 1.807) is 42.5 Å². The molecule has 0 aromatic heterocycles. The van der Waals surface area contributed by atoms with Crippen LogP contribution in [0.4, 0.5) is 11.4 Å². The van der Waals surface area contributed by atoms with Crippen molar-refractivity contribution in [2.45, 2.75) is 6.17 Å². The Balaban J connectivity index is 1.52. The number of amides is 2. The number of carbonyl (C=O) groups is 2. The SMILES string of the molecule is O=C(NN1C(=O)c2ccccc2N[C@H]1c1ccc(Cl)c([N+](=O)[O-])c1)c1ccc2c(c1)OCO2. The third-order valence-electron chi connectivity index (χ3n) is 5.27. The maximum absolute atomic E-state index is 13.3. The van der Waals surface area contributed by atoms with Gasteiger partial charge in [0.05, 0.1) is 10.5 Å². The van der Waals surface area contributed by atoms with Gasteiger partial charge in [0.15, 0.2) is 11.5 Å². The van der Waals surface area contributed by atoms with E-state index in [0.29, 0.717) is 28.3 Å². The van der Waals surface area contributed by atoms with Gasteiger partial charge in [0.2, 0.25) is 6.79 Å². The maximum atomic E-state index is 13.3. The van der Waals surface area contributed by atoms with E-state index < -0.39 is 22.9 Å². The molecule has 0 radical (unpaired) electrons. The summed E-state index contributed by atoms with van der Waals surface area (Å²) in [4.78, 5) is 37.1. The van der Waals surface area contributed by atoms with Crippen LogP contribution in [0.2, 0.25) is 5.02 Å². The number of nitro groups is 1. The highest BCUT2D eigenvalue weighted by atomic mass is 35.5. The molecule has 33 heavy (non-hydrogen) atoms. The Labute approximate surface area is 191 Å². The van der Waals surface area contributed by atoms with E-state index in [0.717, 1.165) is 5.01 Å². The first-order valence-electron chi connectivity index (χ1n) is 9.76. The van der Waals surface area contributed by atoms with E-state index >= 15 is 0 Å². The fraction of sp³-hybridized carbons (Fsp3) is 0.0909. The van der Waals surface area contributed by atoms with Gasteiger partial charge in [-0.15, -0.1) is 0 Å². The predicted octanol–water partition coefficient (Wildman–Crippen LogP) is 3.89. The van der Waals surface area contributed by atoms with Crippen LogP contribution in [0.15, 0.2) is 60.7 Å². The van der Waals surface area contributed by atoms with E-state index in [-0.39, 0.29) is 23.1 Å². The minimum Gasteiger partial charge on any atom is -0.454 e. The number of carbonyl (C=O) groups excluding carboxylic acids is 2. The van der Waals surface area contributed by atoms with Gasteiger partial charge in [-0.1, -0.05) is 29.8 Å². The molecule has 0 spiro atoms. The van der Waals surface area contributed by atoms with Crippen molar-refractivity contribution in [1.82, 2.24) is 10.4 Å². The summed E-state index contributed by atoms with van der Waals surface area (Å²) in [6, 6.07) is 15.6. The first-order valence-corrected chi connectivity index (χ1v) is 10.1. The van der Waals surface area contributed by atoms with Crippen molar-refractivity contribution in [2.75, 3.05) is 12.1 Å². The fourth-order valence-corrected chi connectivity index (χ4v) is 3.84. The van der Waals surface area contributed by atoms with Crippen molar-refractivity contribution in [3.63, 3.8) is 0 Å². The van der Waals surface area contributed by atoms with Crippen molar-refractivity contribution in [1.29, 1.82) is 0 Å². The molecule has 3 aromatic rings. The van der Waals surface area contributed by atoms with Crippen molar-refractivity contribution in [2.24, 2.45) is 0 Å². The number of benzene rings is 3. The van der Waals surface area contributed by atoms with E-state index in [1.807, 2.05) is 0 Å². The monoisotopic (exact) mass is 466 g/mol. The average molecular weight is 467 g/mol. The van der Waals surface area contributed by atoms with Gasteiger partial charge in [-0.3, -0.25) is 25.1 Å². The van der Waals surface area contributed by atoms with Gasteiger partial charge in [-0.25, -0.2) is 5.01 Å². The number of nitrogens with zero attached hydrogens (tertiary/aromatic N) is 2. The van der Waals surface area contributed by atoms with Crippen molar-refractivity contribution < 1.29 is 24.0 Å². The van der Waals surface area contributed by atoms with Crippen LogP contribution in [-0.4, -0.2) is 28.5 Å². The third-order valence-corrected chi connectivity index (χ3v) is 5.59. The molecular formula is C22H15ClN4O6. The average Bonchev–Trinajstić information content (AvgIpc) is 3.29. The zero-order valence-corrected chi connectivity index (χ0v) is 17.5. The molecule has 0 fully saturated rings. The summed E-state index contributed by atoms with van der Waals surface area (Å²) >= 11 is 5.95. The van der Waals surface area contributed by atoms with Gasteiger partial charge in [0.25, 0.3) is 17.5 Å². The molecular weight excluding hydrogens is 452 g/mol. The Morgan fingerprint density at radius 2 is 1.91 bits per heavy atom. The molecule has 11 heteroatoms. The number of hydrogen-bond donors (Lipinski definition) is 2. The fourth-order valence-electron chi connectivity index (χ4n) is 3.65. The maximum Gasteiger partial charge on any atom is 0.288 e. The Morgan fingerprint density at radius 1 is 1.12 bits per heavy atom. The van der Waals surface area contributed by atoms with E-state index in [1.165, 1.54) is 18.2 Å². The second kappa shape index (κ2) is 7.99. The molecule has 10 nitrogen and oxygen atoms in total. The largest absolute Gasteiger partial charge is 0.454 e. The quantitative estimate of drug-likeness (QED) is 0.441. The number of fused-ring (bicyclic) bond motifs is 2. The van der Waals surface area contributed by atoms with Crippen LogP contribution in [0.25, 0.3) is 0 Å². The summed E-state index contributed by atoms with van der Waals surface area (Å²) in [5.74, 6) is -0.124. The number of nitro benzene ring substituents is 1. The van der Waals surface area contributed by atoms with Crippen LogP contribution in [0.5, 0.6) is 11.5 Å². The number of anilines is 1. The van der Waals surface area contributed by atoms with E-state index in [2.05, 4.69) is 10.7 Å². The first kappa shape index (κ1) is 20.6. The first-order chi connectivity index (χ1) is 15.9. The molecule has 2 aliphatic rings. The summed E-state index contributed by atoms with van der Waals surface area (Å²) in [6.07, 6.45) is -0.929. The van der Waals surface area contributed by atoms with Crippen LogP contribution in [0, 0.1) is 10.1 Å². The molecule has 0 unspecified atom stereocenters. The van der Waals surface area contributed by atoms with Crippen LogP contribution in [0.3, 0.4) is 0 Å². The van der Waals surface area contributed by atoms with Gasteiger partial charge in [0.1, 0.15) is 11.2 Å². The number of hydrogen-bond acceptors (Lipinski definition) is 7. The topological polar surface area (TPSA) is 123 Å². The Kier molecular flexibility index (Phi) is 4.98. The minimum absolute atomic E-state index is 0.0396. The number of nitrogens with one attached hydrogen (secondary N) is 2. The Hall–Kier alpha value is -4.31. The highest BCUT2D eigenvalue weighted by molar-refractivity contribution is 6.32. The second-order valence-corrected chi connectivity index (χ2v) is 7.65. The smallest absolute Gasteiger partial charge is 0.288 e. The molecule has 2 aliphatic heterocycles. The van der Waals surface area contributed by atoms with Crippen molar-refractivity contribution >= 4 is 34.8 Å². The summed E-state index contributed by atoms with van der Waals surface area (Å²) in [5.41, 5.74) is 3.76. The Bertz CT molecular complexity index is 1310. The zero-order chi connectivity index (χ0) is 23.1. The normalized spacial score (nSPS) is 16.1. The summed E-state index contributed by atoms with van der Waals surface area (Å²) in [6.45, 7) is 0.0587. The van der Waals surface area contributed by atoms with E-state index in [4.69, 9.17) is 21.1 Å². The zero-order valence-electron chi connectivity index (χ0n) is 16.8. The second-order valence-electron chi connectivity index (χ2n) is 7.24. The summed E-state index contributed by atoms with van der Waals surface area (Å²) < 4.78 is 10.6. The van der Waals surface area contributed by atoms with Gasteiger partial charge < -0.3 is 14.8 Å². The summed E-state index contributed by atoms with van der Waals surface area (Å²) in [7, 11) is 0. The van der Waals surface area contributed by atoms with Crippen LogP contribution in [-0.2, 0) is 0 Å². The number of halogens is 1. The van der Waals surface area contributed by atoms with Gasteiger partial charge >= 0.3 is 0 Å². The molecule has 0 saturated heterocycles. The lowest BCUT2D eigenvalue weighted by Gasteiger charge is -2.37. The van der Waals surface area contributed by atoms with Crippen LogP contribution in [0.1, 0.15) is 32.4 Å². The van der Waals surface area contributed by atoms with E-state index in [9.17, 15) is 19.7 Å². The molecule has 2 heterocycles. The number of hydrazine groups is 1. The lowest BCUT2D eigenvalue weighted by molar-refractivity contribution is -0.384. The minimum atomic E-state index is -0.929. The highest BCUT2D eigenvalue weighted by Crippen LogP contribution is 2.36. The highest BCUT2D eigenvalue weighted by Gasteiger charge is 2.35. The van der Waals surface area contributed by atoms with Crippen LogP contribution >= 0.6 is 11.6 Å². The molecule has 3 aromatic carbocycles. The molecule has 2 amide bonds. The van der Waals surface area contributed by atoms with Gasteiger partial charge in [-0.2, -0.15) is 0 Å². The third kappa shape index (κ3) is 3.66. The number of para-hydroxylation sites is 1. The number of ether oxygens (including phenoxy) is 2. The molecule has 1 atom stereocenters. The Morgan fingerprint density at radius 3 is 2.73 bits per heavy atom.